The van der Waals surface area contributed by atoms with E-state index in [4.69, 9.17) is 0 Å². The van der Waals surface area contributed by atoms with Gasteiger partial charge < -0.3 is 15.1 Å². The van der Waals surface area contributed by atoms with Crippen molar-refractivity contribution in [1.82, 2.24) is 4.90 Å². The minimum Gasteiger partial charge on any atom is -0.369 e. The van der Waals surface area contributed by atoms with E-state index in [1.54, 1.807) is 23.3 Å². The van der Waals surface area contributed by atoms with Crippen LogP contribution in [0.1, 0.15) is 20.8 Å². The highest BCUT2D eigenvalue weighted by molar-refractivity contribution is 7.90. The molecule has 0 aromatic heterocycles. The first-order valence-corrected chi connectivity index (χ1v) is 10.6. The highest BCUT2D eigenvalue weighted by Crippen LogP contribution is 2.21. The van der Waals surface area contributed by atoms with E-state index >= 15 is 0 Å². The lowest BCUT2D eigenvalue weighted by Gasteiger charge is -2.28. The van der Waals surface area contributed by atoms with E-state index in [-0.39, 0.29) is 11.7 Å². The molecule has 0 spiro atoms. The van der Waals surface area contributed by atoms with Crippen LogP contribution in [0, 0.1) is 0 Å². The Hall–Kier alpha value is -2.61. The molecule has 2 aliphatic rings. The van der Waals surface area contributed by atoms with Crippen molar-refractivity contribution < 1.29 is 13.2 Å². The van der Waals surface area contributed by atoms with Gasteiger partial charge in [0.25, 0.3) is 15.9 Å². The molecule has 1 amide bonds. The van der Waals surface area contributed by atoms with Crippen LogP contribution in [-0.4, -0.2) is 49.9 Å². The summed E-state index contributed by atoms with van der Waals surface area (Å²) in [6, 6.07) is 8.14. The number of amides is 1. The molecule has 0 atom stereocenters. The standard InChI is InChI=1S/C19H24N4O3S/c1-4-23(14(2)3)17-8-6-16(7-9-17)20-19(24)15-5-10-18-21-27(25,26)12-11-22(18)13-15/h5-10,13-14H,4,11-12H2,1-3H3,(H,20,24). The van der Waals surface area contributed by atoms with Crippen LogP contribution in [0.25, 0.3) is 0 Å². The van der Waals surface area contributed by atoms with Crippen LogP contribution in [0.3, 0.4) is 0 Å². The minimum atomic E-state index is -3.40. The maximum absolute atomic E-state index is 12.5. The third-order valence-corrected chi connectivity index (χ3v) is 5.67. The van der Waals surface area contributed by atoms with Gasteiger partial charge >= 0.3 is 0 Å². The van der Waals surface area contributed by atoms with Crippen molar-refractivity contribution >= 4 is 33.1 Å². The molecule has 2 heterocycles. The van der Waals surface area contributed by atoms with Gasteiger partial charge in [0.1, 0.15) is 5.84 Å². The summed E-state index contributed by atoms with van der Waals surface area (Å²) in [5.41, 5.74) is 2.27. The Labute approximate surface area is 160 Å². The number of hydrogen-bond donors (Lipinski definition) is 1. The van der Waals surface area contributed by atoms with Crippen molar-refractivity contribution in [2.45, 2.75) is 26.8 Å². The lowest BCUT2D eigenvalue weighted by molar-refractivity contribution is -0.112. The molecule has 0 unspecified atom stereocenters. The highest BCUT2D eigenvalue weighted by Gasteiger charge is 2.25. The maximum atomic E-state index is 12.5. The second-order valence-electron chi connectivity index (χ2n) is 6.73. The molecule has 1 N–H and O–H groups in total. The number of amidine groups is 1. The first kappa shape index (κ1) is 19.2. The van der Waals surface area contributed by atoms with E-state index in [9.17, 15) is 13.2 Å². The first-order valence-electron chi connectivity index (χ1n) is 8.96. The fourth-order valence-corrected chi connectivity index (χ4v) is 4.09. The Morgan fingerprint density at radius 1 is 1.26 bits per heavy atom. The average molecular weight is 388 g/mol. The molecule has 2 aliphatic heterocycles. The molecule has 8 heteroatoms. The number of carbonyl (C=O) groups is 1. The molecule has 3 rings (SSSR count). The minimum absolute atomic E-state index is 0.0546. The van der Waals surface area contributed by atoms with Crippen molar-refractivity contribution in [2.24, 2.45) is 4.40 Å². The SMILES string of the molecule is CCN(c1ccc(NC(=O)C2=CN3CCS(=O)(=O)N=C3C=C2)cc1)C(C)C. The normalized spacial score (nSPS) is 17.9. The first-order chi connectivity index (χ1) is 12.8. The van der Waals surface area contributed by atoms with Gasteiger partial charge in [-0.2, -0.15) is 0 Å². The van der Waals surface area contributed by atoms with Gasteiger partial charge in [-0.15, -0.1) is 4.40 Å². The monoisotopic (exact) mass is 388 g/mol. The summed E-state index contributed by atoms with van der Waals surface area (Å²) in [7, 11) is -3.40. The van der Waals surface area contributed by atoms with E-state index in [1.807, 2.05) is 24.3 Å². The molecular weight excluding hydrogens is 364 g/mol. The number of rotatable bonds is 5. The van der Waals surface area contributed by atoms with Crippen molar-refractivity contribution in [2.75, 3.05) is 29.1 Å². The molecule has 0 saturated carbocycles. The largest absolute Gasteiger partial charge is 0.369 e. The van der Waals surface area contributed by atoms with Crippen LogP contribution in [0.15, 0.2) is 52.6 Å². The molecule has 144 valence electrons. The van der Waals surface area contributed by atoms with Gasteiger partial charge in [0.15, 0.2) is 0 Å². The second-order valence-corrected chi connectivity index (χ2v) is 8.48. The summed E-state index contributed by atoms with van der Waals surface area (Å²) in [4.78, 5) is 16.5. The average Bonchev–Trinajstić information content (AvgIpc) is 2.62. The van der Waals surface area contributed by atoms with E-state index in [0.29, 0.717) is 29.7 Å². The fourth-order valence-electron chi connectivity index (χ4n) is 3.12. The van der Waals surface area contributed by atoms with Crippen LogP contribution in [0.2, 0.25) is 0 Å². The number of benzene rings is 1. The quantitative estimate of drug-likeness (QED) is 0.837. The van der Waals surface area contributed by atoms with Crippen LogP contribution < -0.4 is 10.2 Å². The summed E-state index contributed by atoms with van der Waals surface area (Å²) >= 11 is 0. The zero-order valence-electron chi connectivity index (χ0n) is 15.7. The maximum Gasteiger partial charge on any atom is 0.257 e. The van der Waals surface area contributed by atoms with Crippen LogP contribution >= 0.6 is 0 Å². The van der Waals surface area contributed by atoms with Gasteiger partial charge in [-0.25, -0.2) is 8.42 Å². The second kappa shape index (κ2) is 7.56. The third-order valence-electron chi connectivity index (χ3n) is 4.51. The number of nitrogens with one attached hydrogen (secondary N) is 1. The fraction of sp³-hybridized carbons (Fsp3) is 0.368. The van der Waals surface area contributed by atoms with Gasteiger partial charge in [0, 0.05) is 36.7 Å². The van der Waals surface area contributed by atoms with E-state index in [2.05, 4.69) is 35.4 Å². The zero-order chi connectivity index (χ0) is 19.6. The third kappa shape index (κ3) is 4.39. The van der Waals surface area contributed by atoms with E-state index < -0.39 is 10.0 Å². The zero-order valence-corrected chi connectivity index (χ0v) is 16.5. The molecule has 27 heavy (non-hydrogen) atoms. The molecule has 1 aromatic carbocycles. The summed E-state index contributed by atoms with van der Waals surface area (Å²) in [5, 5.41) is 2.88. The number of sulfonamides is 1. The van der Waals surface area contributed by atoms with E-state index in [0.717, 1.165) is 12.2 Å². The Morgan fingerprint density at radius 3 is 2.59 bits per heavy atom. The van der Waals surface area contributed by atoms with Gasteiger partial charge in [-0.1, -0.05) is 0 Å². The van der Waals surface area contributed by atoms with Crippen LogP contribution in [-0.2, 0) is 14.8 Å². The molecule has 0 aliphatic carbocycles. The molecule has 0 saturated heterocycles. The van der Waals surface area contributed by atoms with Gasteiger partial charge in [0.05, 0.1) is 11.3 Å². The highest BCUT2D eigenvalue weighted by atomic mass is 32.2. The lowest BCUT2D eigenvalue weighted by atomic mass is 10.1. The predicted octanol–water partition coefficient (Wildman–Crippen LogP) is 2.36. The number of fused-ring (bicyclic) bond motifs is 1. The van der Waals surface area contributed by atoms with Crippen molar-refractivity contribution in [3.63, 3.8) is 0 Å². The molecule has 0 fully saturated rings. The molecule has 7 nitrogen and oxygen atoms in total. The Kier molecular flexibility index (Phi) is 5.36. The van der Waals surface area contributed by atoms with Gasteiger partial charge in [-0.05, 0) is 57.2 Å². The smallest absolute Gasteiger partial charge is 0.257 e. The van der Waals surface area contributed by atoms with E-state index in [1.165, 1.54) is 0 Å². The molecule has 0 bridgehead atoms. The summed E-state index contributed by atoms with van der Waals surface area (Å²) in [6.07, 6.45) is 4.77. The van der Waals surface area contributed by atoms with Crippen LogP contribution in [0.4, 0.5) is 11.4 Å². The Balaban J connectivity index is 1.70. The summed E-state index contributed by atoms with van der Waals surface area (Å²) in [5.74, 6) is 0.0410. The number of hydrogen-bond acceptors (Lipinski definition) is 5. The summed E-state index contributed by atoms with van der Waals surface area (Å²) < 4.78 is 26.8. The number of carbonyl (C=O) groups excluding carboxylic acids is 1. The van der Waals surface area contributed by atoms with Gasteiger partial charge in [0.2, 0.25) is 0 Å². The Bertz CT molecular complexity index is 915. The number of anilines is 2. The Morgan fingerprint density at radius 2 is 1.96 bits per heavy atom. The van der Waals surface area contributed by atoms with Gasteiger partial charge in [-0.3, -0.25) is 4.79 Å². The molecule has 0 radical (unpaired) electrons. The summed E-state index contributed by atoms with van der Waals surface area (Å²) in [6.45, 7) is 7.60. The lowest BCUT2D eigenvalue weighted by Crippen LogP contribution is -2.37. The van der Waals surface area contributed by atoms with Crippen molar-refractivity contribution in [1.29, 1.82) is 0 Å². The predicted molar refractivity (Wildman–Crippen MR) is 108 cm³/mol. The molecular formula is C19H24N4O3S. The van der Waals surface area contributed by atoms with Crippen molar-refractivity contribution in [3.05, 3.63) is 48.2 Å². The molecule has 1 aromatic rings. The topological polar surface area (TPSA) is 82.1 Å². The number of nitrogens with zero attached hydrogens (tertiary/aromatic N) is 3. The van der Waals surface area contributed by atoms with Crippen molar-refractivity contribution in [3.8, 4) is 0 Å². The van der Waals surface area contributed by atoms with Crippen LogP contribution in [0.5, 0.6) is 0 Å².